The van der Waals surface area contributed by atoms with Crippen molar-refractivity contribution in [2.45, 2.75) is 38.8 Å². The molecule has 1 aromatic carbocycles. The average molecular weight is 328 g/mol. The first-order valence-electron chi connectivity index (χ1n) is 8.30. The van der Waals surface area contributed by atoms with Crippen molar-refractivity contribution in [3.05, 3.63) is 35.4 Å². The predicted octanol–water partition coefficient (Wildman–Crippen LogP) is 1.49. The maximum absolute atomic E-state index is 12.6. The first-order chi connectivity index (χ1) is 11.7. The maximum atomic E-state index is 12.6. The van der Waals surface area contributed by atoms with Gasteiger partial charge in [0.1, 0.15) is 11.6 Å². The third-order valence-electron chi connectivity index (χ3n) is 4.48. The van der Waals surface area contributed by atoms with Crippen LogP contribution in [0.3, 0.4) is 0 Å². The largest absolute Gasteiger partial charge is 0.490 e. The summed E-state index contributed by atoms with van der Waals surface area (Å²) >= 11 is 0. The van der Waals surface area contributed by atoms with E-state index in [0.717, 1.165) is 30.9 Å². The SMILES string of the molecule is Cc1nnc2n1CC(NC(=O)c1ccc3c(c1)OCCCO3)CC2. The fourth-order valence-corrected chi connectivity index (χ4v) is 3.15. The van der Waals surface area contributed by atoms with E-state index in [9.17, 15) is 4.79 Å². The molecule has 3 heterocycles. The summed E-state index contributed by atoms with van der Waals surface area (Å²) in [6, 6.07) is 5.42. The molecule has 1 amide bonds. The Morgan fingerprint density at radius 2 is 2.08 bits per heavy atom. The van der Waals surface area contributed by atoms with Crippen LogP contribution < -0.4 is 14.8 Å². The standard InChI is InChI=1S/C17H20N4O3/c1-11-19-20-16-6-4-13(10-21(11)16)18-17(22)12-3-5-14-15(9-12)24-8-2-7-23-14/h3,5,9,13H,2,4,6-8,10H2,1H3,(H,18,22). The molecule has 7 heteroatoms. The molecule has 1 unspecified atom stereocenters. The molecule has 1 atom stereocenters. The number of aryl methyl sites for hydroxylation is 2. The molecule has 1 N–H and O–H groups in total. The smallest absolute Gasteiger partial charge is 0.251 e. The summed E-state index contributed by atoms with van der Waals surface area (Å²) in [5.74, 6) is 3.13. The van der Waals surface area contributed by atoms with Crippen LogP contribution in [0, 0.1) is 6.92 Å². The van der Waals surface area contributed by atoms with Gasteiger partial charge in [-0.05, 0) is 31.5 Å². The third-order valence-corrected chi connectivity index (χ3v) is 4.48. The van der Waals surface area contributed by atoms with Gasteiger partial charge in [0.25, 0.3) is 5.91 Å². The van der Waals surface area contributed by atoms with E-state index < -0.39 is 0 Å². The molecule has 0 bridgehead atoms. The van der Waals surface area contributed by atoms with Crippen molar-refractivity contribution in [2.75, 3.05) is 13.2 Å². The van der Waals surface area contributed by atoms with Crippen LogP contribution in [0.5, 0.6) is 11.5 Å². The van der Waals surface area contributed by atoms with Crippen molar-refractivity contribution < 1.29 is 14.3 Å². The summed E-state index contributed by atoms with van der Waals surface area (Å²) in [6.07, 6.45) is 2.54. The minimum absolute atomic E-state index is 0.0793. The fourth-order valence-electron chi connectivity index (χ4n) is 3.15. The highest BCUT2D eigenvalue weighted by atomic mass is 16.5. The first kappa shape index (κ1) is 15.0. The number of aromatic nitrogens is 3. The van der Waals surface area contributed by atoms with E-state index in [0.29, 0.717) is 36.8 Å². The molecule has 0 spiro atoms. The van der Waals surface area contributed by atoms with Gasteiger partial charge in [-0.15, -0.1) is 10.2 Å². The Bertz CT molecular complexity index is 771. The van der Waals surface area contributed by atoms with Crippen LogP contribution in [0.25, 0.3) is 0 Å². The molecule has 0 aliphatic carbocycles. The monoisotopic (exact) mass is 328 g/mol. The van der Waals surface area contributed by atoms with Crippen LogP contribution in [-0.2, 0) is 13.0 Å². The zero-order chi connectivity index (χ0) is 16.5. The van der Waals surface area contributed by atoms with Gasteiger partial charge < -0.3 is 19.4 Å². The second kappa shape index (κ2) is 6.14. The zero-order valence-corrected chi connectivity index (χ0v) is 13.6. The molecular weight excluding hydrogens is 308 g/mol. The minimum Gasteiger partial charge on any atom is -0.490 e. The van der Waals surface area contributed by atoms with Gasteiger partial charge in [0.2, 0.25) is 0 Å². The molecule has 7 nitrogen and oxygen atoms in total. The van der Waals surface area contributed by atoms with Crippen LogP contribution in [-0.4, -0.2) is 39.9 Å². The van der Waals surface area contributed by atoms with Gasteiger partial charge in [0, 0.05) is 31.0 Å². The highest BCUT2D eigenvalue weighted by molar-refractivity contribution is 5.95. The number of ether oxygens (including phenoxy) is 2. The molecular formula is C17H20N4O3. The van der Waals surface area contributed by atoms with Gasteiger partial charge in [0.15, 0.2) is 11.5 Å². The summed E-state index contributed by atoms with van der Waals surface area (Å²) in [4.78, 5) is 12.6. The molecule has 4 rings (SSSR count). The molecule has 1 aromatic heterocycles. The number of carbonyl (C=O) groups excluding carboxylic acids is 1. The number of hydrogen-bond acceptors (Lipinski definition) is 5. The number of carbonyl (C=O) groups is 1. The summed E-state index contributed by atoms with van der Waals surface area (Å²) in [5, 5.41) is 11.4. The topological polar surface area (TPSA) is 78.3 Å². The van der Waals surface area contributed by atoms with E-state index >= 15 is 0 Å². The number of rotatable bonds is 2. The summed E-state index contributed by atoms with van der Waals surface area (Å²) < 4.78 is 13.3. The van der Waals surface area contributed by atoms with Gasteiger partial charge in [0.05, 0.1) is 13.2 Å². The Morgan fingerprint density at radius 1 is 1.25 bits per heavy atom. The Labute approximate surface area is 140 Å². The average Bonchev–Trinajstić information content (AvgIpc) is 2.82. The lowest BCUT2D eigenvalue weighted by Crippen LogP contribution is -2.41. The normalized spacial score (nSPS) is 19.3. The molecule has 24 heavy (non-hydrogen) atoms. The molecule has 2 aliphatic rings. The lowest BCUT2D eigenvalue weighted by molar-refractivity contribution is 0.0927. The third kappa shape index (κ3) is 2.81. The predicted molar refractivity (Wildman–Crippen MR) is 86.4 cm³/mol. The van der Waals surface area contributed by atoms with E-state index in [2.05, 4.69) is 20.1 Å². The van der Waals surface area contributed by atoms with Gasteiger partial charge in [-0.2, -0.15) is 0 Å². The van der Waals surface area contributed by atoms with Crippen molar-refractivity contribution in [1.82, 2.24) is 20.1 Å². The first-order valence-corrected chi connectivity index (χ1v) is 8.30. The van der Waals surface area contributed by atoms with Crippen LogP contribution >= 0.6 is 0 Å². The fraction of sp³-hybridized carbons (Fsp3) is 0.471. The van der Waals surface area contributed by atoms with E-state index in [1.165, 1.54) is 0 Å². The Balaban J connectivity index is 1.47. The van der Waals surface area contributed by atoms with Gasteiger partial charge in [-0.1, -0.05) is 0 Å². The number of benzene rings is 1. The number of nitrogens with zero attached hydrogens (tertiary/aromatic N) is 3. The molecule has 126 valence electrons. The lowest BCUT2D eigenvalue weighted by atomic mass is 10.1. The van der Waals surface area contributed by atoms with Crippen LogP contribution in [0.15, 0.2) is 18.2 Å². The summed E-state index contributed by atoms with van der Waals surface area (Å²) in [6.45, 7) is 3.90. The summed E-state index contributed by atoms with van der Waals surface area (Å²) in [5.41, 5.74) is 0.588. The highest BCUT2D eigenvalue weighted by Crippen LogP contribution is 2.30. The number of nitrogens with one attached hydrogen (secondary N) is 1. The Hall–Kier alpha value is -2.57. The van der Waals surface area contributed by atoms with Crippen molar-refractivity contribution in [3.63, 3.8) is 0 Å². The second-order valence-corrected chi connectivity index (χ2v) is 6.20. The Morgan fingerprint density at radius 3 is 2.96 bits per heavy atom. The van der Waals surface area contributed by atoms with Crippen LogP contribution in [0.4, 0.5) is 0 Å². The van der Waals surface area contributed by atoms with Crippen molar-refractivity contribution >= 4 is 5.91 Å². The number of hydrogen-bond donors (Lipinski definition) is 1. The molecule has 2 aromatic rings. The van der Waals surface area contributed by atoms with Gasteiger partial charge in [-0.3, -0.25) is 4.79 Å². The van der Waals surface area contributed by atoms with Crippen LogP contribution in [0.1, 0.15) is 34.8 Å². The van der Waals surface area contributed by atoms with Crippen molar-refractivity contribution in [2.24, 2.45) is 0 Å². The van der Waals surface area contributed by atoms with E-state index in [4.69, 9.17) is 9.47 Å². The zero-order valence-electron chi connectivity index (χ0n) is 13.6. The molecule has 0 radical (unpaired) electrons. The highest BCUT2D eigenvalue weighted by Gasteiger charge is 2.23. The van der Waals surface area contributed by atoms with Crippen molar-refractivity contribution in [1.29, 1.82) is 0 Å². The van der Waals surface area contributed by atoms with E-state index in [-0.39, 0.29) is 11.9 Å². The molecule has 0 fully saturated rings. The molecule has 2 aliphatic heterocycles. The number of amides is 1. The van der Waals surface area contributed by atoms with E-state index in [1.54, 1.807) is 18.2 Å². The van der Waals surface area contributed by atoms with Crippen molar-refractivity contribution in [3.8, 4) is 11.5 Å². The molecule has 0 saturated heterocycles. The summed E-state index contributed by atoms with van der Waals surface area (Å²) in [7, 11) is 0. The Kier molecular flexibility index (Phi) is 3.84. The second-order valence-electron chi connectivity index (χ2n) is 6.20. The van der Waals surface area contributed by atoms with Crippen LogP contribution in [0.2, 0.25) is 0 Å². The van der Waals surface area contributed by atoms with Gasteiger partial charge >= 0.3 is 0 Å². The minimum atomic E-state index is -0.0928. The van der Waals surface area contributed by atoms with Gasteiger partial charge in [-0.25, -0.2) is 0 Å². The number of fused-ring (bicyclic) bond motifs is 2. The molecule has 0 saturated carbocycles. The maximum Gasteiger partial charge on any atom is 0.251 e. The van der Waals surface area contributed by atoms with E-state index in [1.807, 2.05) is 6.92 Å². The quantitative estimate of drug-likeness (QED) is 0.904. The lowest BCUT2D eigenvalue weighted by Gasteiger charge is -2.25.